The molecule has 0 saturated heterocycles. The summed E-state index contributed by atoms with van der Waals surface area (Å²) in [5.74, 6) is -0.337. The lowest BCUT2D eigenvalue weighted by Gasteiger charge is -2.10. The Morgan fingerprint density at radius 2 is 2.11 bits per heavy atom. The first-order valence-corrected chi connectivity index (χ1v) is 8.05. The Morgan fingerprint density at radius 3 is 2.63 bits per heavy atom. The SMILES string of the molecule is CCc1ccc(S(=O)(=O)Cl)cc1C(=O)NCCOC. The first-order chi connectivity index (χ1) is 8.90. The van der Waals surface area contributed by atoms with Gasteiger partial charge < -0.3 is 10.1 Å². The van der Waals surface area contributed by atoms with Crippen LogP contribution < -0.4 is 5.32 Å². The van der Waals surface area contributed by atoms with Gasteiger partial charge in [-0.2, -0.15) is 0 Å². The summed E-state index contributed by atoms with van der Waals surface area (Å²) in [7, 11) is 2.97. The van der Waals surface area contributed by atoms with Crippen LogP contribution in [0.3, 0.4) is 0 Å². The van der Waals surface area contributed by atoms with E-state index < -0.39 is 9.05 Å². The van der Waals surface area contributed by atoms with E-state index in [9.17, 15) is 13.2 Å². The molecule has 0 aromatic heterocycles. The number of aryl methyl sites for hydroxylation is 1. The first kappa shape index (κ1) is 15.9. The third-order valence-corrected chi connectivity index (χ3v) is 3.93. The van der Waals surface area contributed by atoms with Crippen molar-refractivity contribution in [2.24, 2.45) is 0 Å². The molecule has 5 nitrogen and oxygen atoms in total. The summed E-state index contributed by atoms with van der Waals surface area (Å²) >= 11 is 0. The van der Waals surface area contributed by atoms with Crippen LogP contribution in [0.15, 0.2) is 23.1 Å². The molecule has 0 aliphatic heterocycles. The third kappa shape index (κ3) is 4.49. The number of benzene rings is 1. The molecular formula is C12H16ClNO4S. The zero-order chi connectivity index (χ0) is 14.5. The van der Waals surface area contributed by atoms with Gasteiger partial charge >= 0.3 is 0 Å². The van der Waals surface area contributed by atoms with Crippen LogP contribution in [0.2, 0.25) is 0 Å². The fourth-order valence-electron chi connectivity index (χ4n) is 1.59. The van der Waals surface area contributed by atoms with Crippen molar-refractivity contribution < 1.29 is 17.9 Å². The highest BCUT2D eigenvalue weighted by Crippen LogP contribution is 2.20. The minimum absolute atomic E-state index is 0.0803. The Bertz CT molecular complexity index is 557. The largest absolute Gasteiger partial charge is 0.383 e. The zero-order valence-electron chi connectivity index (χ0n) is 10.8. The van der Waals surface area contributed by atoms with Crippen LogP contribution in [-0.2, 0) is 20.2 Å². The van der Waals surface area contributed by atoms with E-state index in [1.54, 1.807) is 6.07 Å². The van der Waals surface area contributed by atoms with Crippen molar-refractivity contribution in [3.05, 3.63) is 29.3 Å². The lowest BCUT2D eigenvalue weighted by atomic mass is 10.0. The average molecular weight is 306 g/mol. The number of ether oxygens (including phenoxy) is 1. The molecule has 0 atom stereocenters. The maximum atomic E-state index is 12.0. The van der Waals surface area contributed by atoms with Crippen molar-refractivity contribution >= 4 is 25.6 Å². The second kappa shape index (κ2) is 6.88. The number of carbonyl (C=O) groups is 1. The summed E-state index contributed by atoms with van der Waals surface area (Å²) < 4.78 is 27.4. The number of halogens is 1. The van der Waals surface area contributed by atoms with E-state index in [2.05, 4.69) is 5.32 Å². The fourth-order valence-corrected chi connectivity index (χ4v) is 2.37. The Morgan fingerprint density at radius 1 is 1.42 bits per heavy atom. The van der Waals surface area contributed by atoms with E-state index in [-0.39, 0.29) is 10.8 Å². The van der Waals surface area contributed by atoms with Gasteiger partial charge in [-0.3, -0.25) is 4.79 Å². The van der Waals surface area contributed by atoms with Gasteiger partial charge in [0.1, 0.15) is 0 Å². The Labute approximate surface area is 117 Å². The van der Waals surface area contributed by atoms with Crippen molar-refractivity contribution in [2.75, 3.05) is 20.3 Å². The van der Waals surface area contributed by atoms with Crippen molar-refractivity contribution in [2.45, 2.75) is 18.2 Å². The average Bonchev–Trinajstić information content (AvgIpc) is 2.37. The number of amides is 1. The predicted molar refractivity (Wildman–Crippen MR) is 73.1 cm³/mol. The quantitative estimate of drug-likeness (QED) is 0.639. The van der Waals surface area contributed by atoms with Crippen LogP contribution >= 0.6 is 10.7 Å². The van der Waals surface area contributed by atoms with Crippen molar-refractivity contribution in [1.82, 2.24) is 5.32 Å². The molecule has 0 bridgehead atoms. The summed E-state index contributed by atoms with van der Waals surface area (Å²) in [6.45, 7) is 2.63. The van der Waals surface area contributed by atoms with Crippen LogP contribution in [0.4, 0.5) is 0 Å². The van der Waals surface area contributed by atoms with Gasteiger partial charge in [-0.05, 0) is 24.1 Å². The molecule has 1 amide bonds. The highest BCUT2D eigenvalue weighted by Gasteiger charge is 2.16. The van der Waals surface area contributed by atoms with E-state index in [0.29, 0.717) is 25.1 Å². The number of hydrogen-bond acceptors (Lipinski definition) is 4. The summed E-state index contributed by atoms with van der Waals surface area (Å²) in [4.78, 5) is 11.9. The Balaban J connectivity index is 3.06. The van der Waals surface area contributed by atoms with Gasteiger partial charge in [0, 0.05) is 29.9 Å². The standard InChI is InChI=1S/C12H16ClNO4S/c1-3-9-4-5-10(19(13,16)17)8-11(9)12(15)14-6-7-18-2/h4-5,8H,3,6-7H2,1-2H3,(H,14,15). The van der Waals surface area contributed by atoms with Crippen molar-refractivity contribution in [1.29, 1.82) is 0 Å². The maximum absolute atomic E-state index is 12.0. The van der Waals surface area contributed by atoms with Gasteiger partial charge in [0.15, 0.2) is 0 Å². The Kier molecular flexibility index (Phi) is 5.78. The molecule has 0 fully saturated rings. The fraction of sp³-hybridized carbons (Fsp3) is 0.417. The minimum atomic E-state index is -3.84. The third-order valence-electron chi connectivity index (χ3n) is 2.58. The first-order valence-electron chi connectivity index (χ1n) is 5.75. The molecule has 7 heteroatoms. The molecule has 19 heavy (non-hydrogen) atoms. The molecule has 0 radical (unpaired) electrons. The number of hydrogen-bond donors (Lipinski definition) is 1. The molecule has 1 rings (SSSR count). The van der Waals surface area contributed by atoms with E-state index in [4.69, 9.17) is 15.4 Å². The molecule has 0 spiro atoms. The molecule has 0 saturated carbocycles. The summed E-state index contributed by atoms with van der Waals surface area (Å²) in [5.41, 5.74) is 1.08. The summed E-state index contributed by atoms with van der Waals surface area (Å²) in [5, 5.41) is 2.65. The van der Waals surface area contributed by atoms with E-state index in [1.165, 1.54) is 19.2 Å². The number of methoxy groups -OCH3 is 1. The van der Waals surface area contributed by atoms with E-state index in [1.807, 2.05) is 6.92 Å². The zero-order valence-corrected chi connectivity index (χ0v) is 12.3. The molecule has 1 aromatic rings. The predicted octanol–water partition coefficient (Wildman–Crippen LogP) is 1.55. The topological polar surface area (TPSA) is 72.5 Å². The second-order valence-electron chi connectivity index (χ2n) is 3.86. The molecule has 106 valence electrons. The van der Waals surface area contributed by atoms with Gasteiger partial charge in [-0.1, -0.05) is 13.0 Å². The molecule has 0 heterocycles. The van der Waals surface area contributed by atoms with Gasteiger partial charge in [-0.15, -0.1) is 0 Å². The maximum Gasteiger partial charge on any atom is 0.261 e. The minimum Gasteiger partial charge on any atom is -0.383 e. The highest BCUT2D eigenvalue weighted by atomic mass is 35.7. The normalized spacial score (nSPS) is 11.3. The summed E-state index contributed by atoms with van der Waals surface area (Å²) in [6, 6.07) is 4.29. The van der Waals surface area contributed by atoms with Crippen LogP contribution in [0, 0.1) is 0 Å². The number of carbonyl (C=O) groups excluding carboxylic acids is 1. The molecule has 0 unspecified atom stereocenters. The molecular weight excluding hydrogens is 290 g/mol. The number of rotatable bonds is 6. The smallest absolute Gasteiger partial charge is 0.261 e. The monoisotopic (exact) mass is 305 g/mol. The van der Waals surface area contributed by atoms with Crippen molar-refractivity contribution in [3.8, 4) is 0 Å². The lowest BCUT2D eigenvalue weighted by Crippen LogP contribution is -2.28. The molecule has 0 aliphatic carbocycles. The molecule has 0 aliphatic rings. The second-order valence-corrected chi connectivity index (χ2v) is 6.42. The van der Waals surface area contributed by atoms with E-state index >= 15 is 0 Å². The van der Waals surface area contributed by atoms with Gasteiger partial charge in [0.2, 0.25) is 0 Å². The Hall–Kier alpha value is -1.11. The van der Waals surface area contributed by atoms with Crippen LogP contribution in [0.25, 0.3) is 0 Å². The van der Waals surface area contributed by atoms with Crippen molar-refractivity contribution in [3.63, 3.8) is 0 Å². The van der Waals surface area contributed by atoms with Gasteiger partial charge in [0.05, 0.1) is 11.5 Å². The van der Waals surface area contributed by atoms with Gasteiger partial charge in [0.25, 0.3) is 15.0 Å². The van der Waals surface area contributed by atoms with Crippen LogP contribution in [0.5, 0.6) is 0 Å². The molecule has 1 N–H and O–H groups in total. The van der Waals surface area contributed by atoms with Gasteiger partial charge in [-0.25, -0.2) is 8.42 Å². The summed E-state index contributed by atoms with van der Waals surface area (Å²) in [6.07, 6.45) is 0.621. The van der Waals surface area contributed by atoms with Crippen LogP contribution in [-0.4, -0.2) is 34.6 Å². The van der Waals surface area contributed by atoms with Crippen LogP contribution in [0.1, 0.15) is 22.8 Å². The lowest BCUT2D eigenvalue weighted by molar-refractivity contribution is 0.0936. The number of nitrogens with one attached hydrogen (secondary N) is 1. The molecule has 1 aromatic carbocycles. The highest BCUT2D eigenvalue weighted by molar-refractivity contribution is 8.13. The van der Waals surface area contributed by atoms with E-state index in [0.717, 1.165) is 5.56 Å².